The van der Waals surface area contributed by atoms with E-state index in [1.807, 2.05) is 18.2 Å². The smallest absolute Gasteiger partial charge is 0.328 e. The highest BCUT2D eigenvalue weighted by Crippen LogP contribution is 2.25. The number of rotatable bonds is 7. The maximum absolute atomic E-state index is 12.8. The number of aromatic nitrogens is 4. The molecule has 0 bridgehead atoms. The number of carbonyl (C=O) groups is 2. The Bertz CT molecular complexity index is 1230. The van der Waals surface area contributed by atoms with E-state index in [2.05, 4.69) is 41.9 Å². The number of fused-ring (bicyclic) bond motifs is 1. The monoisotopic (exact) mass is 478 g/mol. The van der Waals surface area contributed by atoms with Gasteiger partial charge in [0.25, 0.3) is 0 Å². The molecule has 1 aliphatic heterocycles. The van der Waals surface area contributed by atoms with E-state index in [1.54, 1.807) is 7.05 Å². The Morgan fingerprint density at radius 3 is 2.63 bits per heavy atom. The molecular formula is C24H30N8O3. The number of nitrogens with one attached hydrogen (secondary N) is 3. The second-order valence-corrected chi connectivity index (χ2v) is 9.22. The van der Waals surface area contributed by atoms with Crippen molar-refractivity contribution in [2.45, 2.75) is 44.7 Å². The number of carboxylic acids is 1. The van der Waals surface area contributed by atoms with Crippen LogP contribution in [-0.4, -0.2) is 67.7 Å². The molecular weight excluding hydrogens is 448 g/mol. The Morgan fingerprint density at radius 2 is 1.94 bits per heavy atom. The van der Waals surface area contributed by atoms with Crippen molar-refractivity contribution < 1.29 is 14.7 Å². The molecule has 5 rings (SSSR count). The Kier molecular flexibility index (Phi) is 6.49. The van der Waals surface area contributed by atoms with Gasteiger partial charge in [-0.1, -0.05) is 12.1 Å². The molecule has 0 unspecified atom stereocenters. The van der Waals surface area contributed by atoms with Crippen LogP contribution in [0.4, 0.5) is 22.2 Å². The van der Waals surface area contributed by atoms with Crippen molar-refractivity contribution in [3.05, 3.63) is 36.2 Å². The van der Waals surface area contributed by atoms with Gasteiger partial charge < -0.3 is 21.1 Å². The Balaban J connectivity index is 1.32. The number of hydrogen-bond donors (Lipinski definition) is 4. The van der Waals surface area contributed by atoms with Crippen LogP contribution in [-0.2, 0) is 11.3 Å². The van der Waals surface area contributed by atoms with Crippen LogP contribution < -0.4 is 16.0 Å². The highest BCUT2D eigenvalue weighted by molar-refractivity contribution is 5.92. The van der Waals surface area contributed by atoms with Gasteiger partial charge in [-0.05, 0) is 62.9 Å². The minimum atomic E-state index is -0.699. The minimum absolute atomic E-state index is 0.209. The maximum atomic E-state index is 12.8. The highest BCUT2D eigenvalue weighted by atomic mass is 16.4. The number of likely N-dealkylation sites (tertiary alicyclic amines) is 1. The Hall–Kier alpha value is -3.73. The molecule has 1 aliphatic carbocycles. The van der Waals surface area contributed by atoms with Crippen LogP contribution >= 0.6 is 0 Å². The van der Waals surface area contributed by atoms with Crippen molar-refractivity contribution >= 4 is 40.6 Å². The molecule has 0 spiro atoms. The van der Waals surface area contributed by atoms with Gasteiger partial charge in [-0.2, -0.15) is 9.97 Å². The van der Waals surface area contributed by atoms with Gasteiger partial charge in [-0.15, -0.1) is 0 Å². The number of aliphatic carboxylic acids is 1. The average molecular weight is 479 g/mol. The largest absolute Gasteiger partial charge is 0.481 e. The summed E-state index contributed by atoms with van der Waals surface area (Å²) in [5.74, 6) is -0.0443. The molecule has 1 amide bonds. The summed E-state index contributed by atoms with van der Waals surface area (Å²) in [7, 11) is 1.76. The molecule has 1 saturated heterocycles. The van der Waals surface area contributed by atoms with Crippen LogP contribution in [0.2, 0.25) is 0 Å². The van der Waals surface area contributed by atoms with Crippen molar-refractivity contribution in [2.24, 2.45) is 5.92 Å². The molecule has 35 heavy (non-hydrogen) atoms. The number of carboxylic acid groups (broad SMARTS) is 1. The zero-order chi connectivity index (χ0) is 24.4. The van der Waals surface area contributed by atoms with Gasteiger partial charge in [0.1, 0.15) is 6.33 Å². The third-order valence-electron chi connectivity index (χ3n) is 6.81. The minimum Gasteiger partial charge on any atom is -0.481 e. The molecule has 3 heterocycles. The first-order valence-electron chi connectivity index (χ1n) is 12.0. The van der Waals surface area contributed by atoms with Crippen molar-refractivity contribution in [2.75, 3.05) is 30.8 Å². The quantitative estimate of drug-likeness (QED) is 0.404. The highest BCUT2D eigenvalue weighted by Gasteiger charge is 2.25. The lowest BCUT2D eigenvalue weighted by Crippen LogP contribution is -2.41. The van der Waals surface area contributed by atoms with Crippen molar-refractivity contribution in [3.63, 3.8) is 0 Å². The topological polar surface area (TPSA) is 137 Å². The van der Waals surface area contributed by atoms with Gasteiger partial charge in [0.05, 0.1) is 5.92 Å². The van der Waals surface area contributed by atoms with Crippen LogP contribution in [0.5, 0.6) is 0 Å². The van der Waals surface area contributed by atoms with E-state index in [1.165, 1.54) is 10.9 Å². The third kappa shape index (κ3) is 5.04. The fourth-order valence-corrected chi connectivity index (χ4v) is 4.55. The van der Waals surface area contributed by atoms with E-state index in [9.17, 15) is 14.7 Å². The molecule has 2 aromatic heterocycles. The zero-order valence-corrected chi connectivity index (χ0v) is 19.7. The number of nitrogens with zero attached hydrogens (tertiary/aromatic N) is 5. The summed E-state index contributed by atoms with van der Waals surface area (Å²) < 4.78 is 1.43. The number of imidazole rings is 1. The van der Waals surface area contributed by atoms with E-state index in [0.717, 1.165) is 50.1 Å². The van der Waals surface area contributed by atoms with E-state index in [0.29, 0.717) is 35.8 Å². The molecule has 4 N–H and O–H groups in total. The summed E-state index contributed by atoms with van der Waals surface area (Å²) in [6.07, 6.45) is 5.96. The van der Waals surface area contributed by atoms with Gasteiger partial charge in [0.2, 0.25) is 5.95 Å². The van der Waals surface area contributed by atoms with Crippen molar-refractivity contribution in [3.8, 4) is 0 Å². The normalized spacial score (nSPS) is 17.2. The first-order valence-corrected chi connectivity index (χ1v) is 12.0. The summed E-state index contributed by atoms with van der Waals surface area (Å²) in [6.45, 7) is 2.29. The number of anilines is 3. The lowest BCUT2D eigenvalue weighted by molar-refractivity contribution is -0.143. The number of hydrogen-bond acceptors (Lipinski definition) is 8. The summed E-state index contributed by atoms with van der Waals surface area (Å²) in [5.41, 5.74) is 2.90. The van der Waals surface area contributed by atoms with Crippen LogP contribution in [0.3, 0.4) is 0 Å². The summed E-state index contributed by atoms with van der Waals surface area (Å²) in [4.78, 5) is 39.7. The van der Waals surface area contributed by atoms with Gasteiger partial charge in [0.15, 0.2) is 17.0 Å². The number of carbonyl (C=O) groups excluding carboxylic acids is 1. The number of amides is 1. The maximum Gasteiger partial charge on any atom is 0.328 e. The van der Waals surface area contributed by atoms with Crippen LogP contribution in [0, 0.1) is 5.92 Å². The number of piperidine rings is 1. The summed E-state index contributed by atoms with van der Waals surface area (Å²) in [6, 6.07) is 7.97. The van der Waals surface area contributed by atoms with E-state index < -0.39 is 5.97 Å². The van der Waals surface area contributed by atoms with Crippen LogP contribution in [0.1, 0.15) is 37.7 Å². The molecule has 184 valence electrons. The molecule has 3 aromatic rings. The lowest BCUT2D eigenvalue weighted by Gasteiger charge is -2.30. The molecule has 11 nitrogen and oxygen atoms in total. The van der Waals surface area contributed by atoms with Crippen LogP contribution in [0.25, 0.3) is 11.2 Å². The predicted octanol–water partition coefficient (Wildman–Crippen LogP) is 3.02. The van der Waals surface area contributed by atoms with E-state index in [4.69, 9.17) is 0 Å². The molecule has 1 aromatic carbocycles. The molecule has 1 saturated carbocycles. The van der Waals surface area contributed by atoms with Gasteiger partial charge in [0, 0.05) is 25.3 Å². The first-order chi connectivity index (χ1) is 17.0. The predicted molar refractivity (Wildman–Crippen MR) is 132 cm³/mol. The van der Waals surface area contributed by atoms with Crippen molar-refractivity contribution in [1.29, 1.82) is 0 Å². The van der Waals surface area contributed by atoms with E-state index >= 15 is 0 Å². The number of benzene rings is 1. The van der Waals surface area contributed by atoms with Gasteiger partial charge in [-0.3, -0.25) is 9.69 Å². The average Bonchev–Trinajstić information content (AvgIpc) is 3.25. The van der Waals surface area contributed by atoms with Gasteiger partial charge in [-0.25, -0.2) is 14.3 Å². The third-order valence-corrected chi connectivity index (χ3v) is 6.81. The zero-order valence-electron chi connectivity index (χ0n) is 19.7. The Morgan fingerprint density at radius 1 is 1.14 bits per heavy atom. The SMILES string of the molecule is CNc1nc(Nc2cccc(CN3CCC(C(=O)O)CC3)c2)nc2c1ncn2C(=O)NC1CCC1. The first kappa shape index (κ1) is 23.0. The Labute approximate surface area is 203 Å². The second-order valence-electron chi connectivity index (χ2n) is 9.22. The standard InChI is InChI=1S/C24H30N8O3/c1-25-20-19-21(32(14-26-19)24(35)28-17-5-3-6-17)30-23(29-20)27-18-7-2-4-15(12-18)13-31-10-8-16(9-11-31)22(33)34/h2,4,7,12,14,16-17H,3,5-6,8-11,13H2,1H3,(H,28,35)(H,33,34)(H2,25,27,29,30). The van der Waals surface area contributed by atoms with E-state index in [-0.39, 0.29) is 18.0 Å². The molecule has 0 atom stereocenters. The molecule has 11 heteroatoms. The van der Waals surface area contributed by atoms with Crippen LogP contribution in [0.15, 0.2) is 30.6 Å². The summed E-state index contributed by atoms with van der Waals surface area (Å²) >= 11 is 0. The fraction of sp³-hybridized carbons (Fsp3) is 0.458. The lowest BCUT2D eigenvalue weighted by atomic mass is 9.93. The van der Waals surface area contributed by atoms with Crippen molar-refractivity contribution in [1.82, 2.24) is 29.7 Å². The van der Waals surface area contributed by atoms with Gasteiger partial charge >= 0.3 is 12.0 Å². The summed E-state index contributed by atoms with van der Waals surface area (Å²) in [5, 5.41) is 18.5. The molecule has 0 radical (unpaired) electrons. The fourth-order valence-electron chi connectivity index (χ4n) is 4.55. The molecule has 2 fully saturated rings. The molecule has 2 aliphatic rings. The second kappa shape index (κ2) is 9.87.